The van der Waals surface area contributed by atoms with Crippen molar-refractivity contribution >= 4 is 17.5 Å². The van der Waals surface area contributed by atoms with Gasteiger partial charge in [-0.2, -0.15) is 5.10 Å². The van der Waals surface area contributed by atoms with Crippen molar-refractivity contribution < 1.29 is 19.7 Å². The molecule has 34 heavy (non-hydrogen) atoms. The number of methoxy groups -OCH3 is 1. The summed E-state index contributed by atoms with van der Waals surface area (Å²) in [6.45, 7) is 2.13. The number of aromatic hydroxyl groups is 2. The molecule has 1 aliphatic heterocycles. The number of carbonyl (C=O) groups is 1. The van der Waals surface area contributed by atoms with Crippen LogP contribution in [0.2, 0.25) is 5.02 Å². The Balaban J connectivity index is 1.65. The number of carbonyl (C=O) groups excluding carboxylic acids is 1. The summed E-state index contributed by atoms with van der Waals surface area (Å²) < 4.78 is 5.24. The number of fused-ring (bicyclic) bond motifs is 1. The molecule has 5 rings (SSSR count). The van der Waals surface area contributed by atoms with Crippen LogP contribution in [-0.4, -0.2) is 38.3 Å². The van der Waals surface area contributed by atoms with E-state index >= 15 is 0 Å². The van der Waals surface area contributed by atoms with Crippen LogP contribution in [0.4, 0.5) is 0 Å². The monoisotopic (exact) mass is 475 g/mol. The Bertz CT molecular complexity index is 1400. The molecule has 1 unspecified atom stereocenters. The number of rotatable bonds is 5. The van der Waals surface area contributed by atoms with E-state index in [0.29, 0.717) is 34.1 Å². The van der Waals surface area contributed by atoms with E-state index in [0.717, 1.165) is 22.4 Å². The van der Waals surface area contributed by atoms with Gasteiger partial charge in [0.1, 0.15) is 28.6 Å². The third-order valence-electron chi connectivity index (χ3n) is 6.09. The van der Waals surface area contributed by atoms with E-state index in [9.17, 15) is 15.0 Å². The first-order valence-electron chi connectivity index (χ1n) is 10.7. The van der Waals surface area contributed by atoms with Crippen LogP contribution in [0.3, 0.4) is 0 Å². The number of hydrogen-bond donors (Lipinski definition) is 3. The normalized spacial score (nSPS) is 15.0. The fourth-order valence-electron chi connectivity index (χ4n) is 4.39. The molecule has 4 aromatic rings. The molecule has 1 aliphatic rings. The molecule has 1 amide bonds. The van der Waals surface area contributed by atoms with Gasteiger partial charge in [0.05, 0.1) is 13.2 Å². The van der Waals surface area contributed by atoms with Gasteiger partial charge < -0.3 is 19.8 Å². The maximum Gasteiger partial charge on any atom is 0.273 e. The minimum absolute atomic E-state index is 0.0203. The van der Waals surface area contributed by atoms with Crippen LogP contribution in [0.25, 0.3) is 11.3 Å². The lowest BCUT2D eigenvalue weighted by molar-refractivity contribution is 0.0730. The van der Waals surface area contributed by atoms with Crippen LogP contribution in [0.1, 0.15) is 38.8 Å². The minimum atomic E-state index is -0.537. The minimum Gasteiger partial charge on any atom is -0.508 e. The lowest BCUT2D eigenvalue weighted by atomic mass is 9.95. The Labute approximate surface area is 201 Å². The molecule has 3 aromatic carbocycles. The number of benzene rings is 3. The van der Waals surface area contributed by atoms with Crippen LogP contribution < -0.4 is 4.74 Å². The molecule has 1 aromatic heterocycles. The summed E-state index contributed by atoms with van der Waals surface area (Å²) >= 11 is 6.35. The highest BCUT2D eigenvalue weighted by Crippen LogP contribution is 2.46. The van der Waals surface area contributed by atoms with Gasteiger partial charge in [-0.05, 0) is 60.0 Å². The third kappa shape index (κ3) is 3.64. The first-order valence-corrected chi connectivity index (χ1v) is 11.1. The quantitative estimate of drug-likeness (QED) is 0.368. The van der Waals surface area contributed by atoms with Crippen molar-refractivity contribution in [3.05, 3.63) is 93.6 Å². The van der Waals surface area contributed by atoms with Crippen LogP contribution in [0, 0.1) is 6.92 Å². The molecule has 0 spiro atoms. The molecule has 1 atom stereocenters. The fourth-order valence-corrected chi connectivity index (χ4v) is 4.55. The number of aryl methyl sites for hydroxylation is 1. The average Bonchev–Trinajstić information content (AvgIpc) is 3.36. The highest BCUT2D eigenvalue weighted by atomic mass is 35.5. The summed E-state index contributed by atoms with van der Waals surface area (Å²) in [4.78, 5) is 15.2. The van der Waals surface area contributed by atoms with Crippen LogP contribution >= 0.6 is 11.6 Å². The van der Waals surface area contributed by atoms with Crippen LogP contribution in [0.5, 0.6) is 17.2 Å². The maximum atomic E-state index is 13.5. The summed E-state index contributed by atoms with van der Waals surface area (Å²) in [6, 6.07) is 17.0. The molecule has 8 heteroatoms. The predicted molar refractivity (Wildman–Crippen MR) is 128 cm³/mol. The van der Waals surface area contributed by atoms with Gasteiger partial charge >= 0.3 is 0 Å². The van der Waals surface area contributed by atoms with Gasteiger partial charge in [-0.15, -0.1) is 0 Å². The SMILES string of the molecule is COc1ccc(CN2C(=O)c3[nH]nc(-c4cc(Cl)c(C)cc4O)c3C2c2cccc(O)c2)cc1. The van der Waals surface area contributed by atoms with E-state index in [1.54, 1.807) is 49.3 Å². The Hall–Kier alpha value is -3.97. The van der Waals surface area contributed by atoms with Crippen molar-refractivity contribution in [3.63, 3.8) is 0 Å². The highest BCUT2D eigenvalue weighted by Gasteiger charge is 2.42. The predicted octanol–water partition coefficient (Wildman–Crippen LogP) is 5.20. The van der Waals surface area contributed by atoms with Crippen LogP contribution in [0.15, 0.2) is 60.7 Å². The second kappa shape index (κ2) is 8.43. The molecule has 172 valence electrons. The number of nitrogens with one attached hydrogen (secondary N) is 1. The molecular weight excluding hydrogens is 454 g/mol. The maximum absolute atomic E-state index is 13.5. The lowest BCUT2D eigenvalue weighted by Gasteiger charge is -2.27. The van der Waals surface area contributed by atoms with E-state index in [1.165, 1.54) is 0 Å². The average molecular weight is 476 g/mol. The summed E-state index contributed by atoms with van der Waals surface area (Å²) in [5.41, 5.74) is 4.20. The number of hydrogen-bond acceptors (Lipinski definition) is 5. The molecule has 7 nitrogen and oxygen atoms in total. The van der Waals surface area contributed by atoms with E-state index in [4.69, 9.17) is 16.3 Å². The molecule has 0 saturated carbocycles. The number of halogens is 1. The van der Waals surface area contributed by atoms with Crippen molar-refractivity contribution in [1.29, 1.82) is 0 Å². The van der Waals surface area contributed by atoms with Gasteiger partial charge in [-0.3, -0.25) is 9.89 Å². The summed E-state index contributed by atoms with van der Waals surface area (Å²) in [7, 11) is 1.60. The number of nitrogens with zero attached hydrogens (tertiary/aromatic N) is 2. The fraction of sp³-hybridized carbons (Fsp3) is 0.154. The van der Waals surface area contributed by atoms with Gasteiger partial charge in [0, 0.05) is 22.7 Å². The Morgan fingerprint density at radius 1 is 1.12 bits per heavy atom. The molecule has 0 fully saturated rings. The second-order valence-corrected chi connectivity index (χ2v) is 8.67. The molecule has 0 radical (unpaired) electrons. The van der Waals surface area contributed by atoms with Crippen molar-refractivity contribution in [2.45, 2.75) is 19.5 Å². The summed E-state index contributed by atoms with van der Waals surface area (Å²) in [5, 5.41) is 28.6. The topological polar surface area (TPSA) is 98.7 Å². The van der Waals surface area contributed by atoms with Crippen molar-refractivity contribution in [1.82, 2.24) is 15.1 Å². The number of aromatic amines is 1. The van der Waals surface area contributed by atoms with E-state index in [2.05, 4.69) is 10.2 Å². The Morgan fingerprint density at radius 2 is 1.88 bits per heavy atom. The Morgan fingerprint density at radius 3 is 2.59 bits per heavy atom. The van der Waals surface area contributed by atoms with Crippen molar-refractivity contribution in [3.8, 4) is 28.5 Å². The zero-order chi connectivity index (χ0) is 24.0. The van der Waals surface area contributed by atoms with E-state index < -0.39 is 6.04 Å². The van der Waals surface area contributed by atoms with Crippen LogP contribution in [-0.2, 0) is 6.54 Å². The van der Waals surface area contributed by atoms with Crippen molar-refractivity contribution in [2.75, 3.05) is 7.11 Å². The molecule has 0 saturated heterocycles. The molecule has 2 heterocycles. The molecular formula is C26H22ClN3O4. The summed E-state index contributed by atoms with van der Waals surface area (Å²) in [6.07, 6.45) is 0. The van der Waals surface area contributed by atoms with E-state index in [-0.39, 0.29) is 17.4 Å². The molecule has 0 bridgehead atoms. The lowest BCUT2D eigenvalue weighted by Crippen LogP contribution is -2.29. The number of aromatic nitrogens is 2. The highest BCUT2D eigenvalue weighted by molar-refractivity contribution is 6.31. The van der Waals surface area contributed by atoms with Gasteiger partial charge in [0.25, 0.3) is 5.91 Å². The summed E-state index contributed by atoms with van der Waals surface area (Å²) in [5.74, 6) is 0.612. The number of phenolic OH excluding ortho intramolecular Hbond substituents is 2. The van der Waals surface area contributed by atoms with Crippen molar-refractivity contribution in [2.24, 2.45) is 0 Å². The van der Waals surface area contributed by atoms with E-state index in [1.807, 2.05) is 30.3 Å². The second-order valence-electron chi connectivity index (χ2n) is 8.26. The van der Waals surface area contributed by atoms with Gasteiger partial charge in [0.2, 0.25) is 0 Å². The standard InChI is InChI=1S/C26H22ClN3O4/c1-14-10-21(32)19(12-20(14)27)23-22-24(29-28-23)26(33)30(13-15-6-8-18(34-2)9-7-15)25(22)16-4-3-5-17(31)11-16/h3-12,25,31-32H,13H2,1-2H3,(H,28,29). The zero-order valence-electron chi connectivity index (χ0n) is 18.5. The number of phenols is 2. The largest absolute Gasteiger partial charge is 0.508 e. The smallest absolute Gasteiger partial charge is 0.273 e. The molecule has 0 aliphatic carbocycles. The Kier molecular flexibility index (Phi) is 5.42. The van der Waals surface area contributed by atoms with Gasteiger partial charge in [-0.25, -0.2) is 0 Å². The van der Waals surface area contributed by atoms with Gasteiger partial charge in [0.15, 0.2) is 0 Å². The zero-order valence-corrected chi connectivity index (χ0v) is 19.3. The van der Waals surface area contributed by atoms with Gasteiger partial charge in [-0.1, -0.05) is 35.9 Å². The number of amides is 1. The molecule has 3 N–H and O–H groups in total. The first kappa shape index (κ1) is 21.9. The number of ether oxygens (including phenoxy) is 1. The number of H-pyrrole nitrogens is 1. The third-order valence-corrected chi connectivity index (χ3v) is 6.50. The first-order chi connectivity index (χ1) is 16.4.